The summed E-state index contributed by atoms with van der Waals surface area (Å²) in [6, 6.07) is 3.40. The van der Waals surface area contributed by atoms with Crippen LogP contribution in [0.1, 0.15) is 27.7 Å². The van der Waals surface area contributed by atoms with Gasteiger partial charge in [0.1, 0.15) is 17.3 Å². The predicted octanol–water partition coefficient (Wildman–Crippen LogP) is 2.48. The van der Waals surface area contributed by atoms with Crippen molar-refractivity contribution < 1.29 is 18.4 Å². The average Bonchev–Trinajstić information content (AvgIpc) is 2.34. The van der Waals surface area contributed by atoms with Crippen molar-refractivity contribution in [3.63, 3.8) is 0 Å². The van der Waals surface area contributed by atoms with Gasteiger partial charge in [0.05, 0.1) is 0 Å². The molecule has 1 N–H and O–H groups in total. The fourth-order valence-corrected chi connectivity index (χ4v) is 1.72. The van der Waals surface area contributed by atoms with Crippen LogP contribution in [0.2, 0.25) is 0 Å². The number of amides is 2. The highest BCUT2D eigenvalue weighted by Gasteiger charge is 2.23. The van der Waals surface area contributed by atoms with E-state index >= 15 is 0 Å². The summed E-state index contributed by atoms with van der Waals surface area (Å²) in [6.07, 6.45) is 0. The molecule has 0 aliphatic carbocycles. The molecule has 0 saturated heterocycles. The lowest BCUT2D eigenvalue weighted by Gasteiger charge is -2.24. The second kappa shape index (κ2) is 6.65. The fraction of sp³-hybridized carbons (Fsp3) is 0.467. The molecule has 0 saturated carbocycles. The van der Waals surface area contributed by atoms with Crippen molar-refractivity contribution in [2.75, 3.05) is 18.0 Å². The first-order valence-electron chi connectivity index (χ1n) is 6.65. The van der Waals surface area contributed by atoms with Crippen molar-refractivity contribution in [2.45, 2.75) is 27.7 Å². The summed E-state index contributed by atoms with van der Waals surface area (Å²) in [5.74, 6) is -2.32. The molecule has 21 heavy (non-hydrogen) atoms. The highest BCUT2D eigenvalue weighted by molar-refractivity contribution is 5.92. The molecule has 2 amide bonds. The summed E-state index contributed by atoms with van der Waals surface area (Å²) in [4.78, 5) is 24.3. The SMILES string of the molecule is CC(=O)N(CCNC(=O)C(C)(C)C)c1c(F)cccc1F. The monoisotopic (exact) mass is 298 g/mol. The number of carbonyl (C=O) groups is 2. The van der Waals surface area contributed by atoms with Gasteiger partial charge < -0.3 is 10.2 Å². The Morgan fingerprint density at radius 2 is 1.71 bits per heavy atom. The average molecular weight is 298 g/mol. The molecule has 4 nitrogen and oxygen atoms in total. The Hall–Kier alpha value is -1.98. The van der Waals surface area contributed by atoms with Gasteiger partial charge in [0.2, 0.25) is 11.8 Å². The lowest BCUT2D eigenvalue weighted by atomic mass is 9.96. The Morgan fingerprint density at radius 3 is 2.14 bits per heavy atom. The maximum Gasteiger partial charge on any atom is 0.225 e. The van der Waals surface area contributed by atoms with Gasteiger partial charge >= 0.3 is 0 Å². The molecule has 0 bridgehead atoms. The lowest BCUT2D eigenvalue weighted by Crippen LogP contribution is -2.42. The van der Waals surface area contributed by atoms with Crippen LogP contribution in [0.5, 0.6) is 0 Å². The van der Waals surface area contributed by atoms with Crippen LogP contribution < -0.4 is 10.2 Å². The van der Waals surface area contributed by atoms with Gasteiger partial charge in [0, 0.05) is 25.4 Å². The van der Waals surface area contributed by atoms with Crippen LogP contribution in [-0.4, -0.2) is 24.9 Å². The third-order valence-corrected chi connectivity index (χ3v) is 2.89. The topological polar surface area (TPSA) is 49.4 Å². The molecular formula is C15H20F2N2O2. The van der Waals surface area contributed by atoms with E-state index in [2.05, 4.69) is 5.32 Å². The van der Waals surface area contributed by atoms with Crippen LogP contribution in [0.3, 0.4) is 0 Å². The highest BCUT2D eigenvalue weighted by atomic mass is 19.1. The van der Waals surface area contributed by atoms with Crippen LogP contribution in [0.15, 0.2) is 18.2 Å². The maximum atomic E-state index is 13.7. The molecule has 0 aromatic heterocycles. The first-order chi connectivity index (χ1) is 9.64. The van der Waals surface area contributed by atoms with Crippen LogP contribution in [-0.2, 0) is 9.59 Å². The second-order valence-corrected chi connectivity index (χ2v) is 5.75. The molecule has 1 rings (SSSR count). The number of halogens is 2. The van der Waals surface area contributed by atoms with E-state index in [0.29, 0.717) is 0 Å². The van der Waals surface area contributed by atoms with Gasteiger partial charge in [-0.2, -0.15) is 0 Å². The van der Waals surface area contributed by atoms with E-state index in [4.69, 9.17) is 0 Å². The van der Waals surface area contributed by atoms with Gasteiger partial charge in [-0.15, -0.1) is 0 Å². The zero-order valence-corrected chi connectivity index (χ0v) is 12.7. The summed E-state index contributed by atoms with van der Waals surface area (Å²) in [5.41, 5.74) is -0.959. The fourth-order valence-electron chi connectivity index (χ4n) is 1.72. The van der Waals surface area contributed by atoms with Crippen LogP contribution in [0, 0.1) is 17.0 Å². The zero-order chi connectivity index (χ0) is 16.2. The van der Waals surface area contributed by atoms with Crippen LogP contribution in [0.25, 0.3) is 0 Å². The first kappa shape index (κ1) is 17.1. The normalized spacial score (nSPS) is 11.1. The molecule has 0 aliphatic heterocycles. The number of rotatable bonds is 4. The van der Waals surface area contributed by atoms with E-state index in [1.807, 2.05) is 0 Å². The van der Waals surface area contributed by atoms with Crippen molar-refractivity contribution in [2.24, 2.45) is 5.41 Å². The van der Waals surface area contributed by atoms with Crippen molar-refractivity contribution in [1.82, 2.24) is 5.32 Å². The minimum atomic E-state index is -0.813. The Balaban J connectivity index is 2.81. The molecule has 0 fully saturated rings. The van der Waals surface area contributed by atoms with E-state index in [0.717, 1.165) is 17.0 Å². The predicted molar refractivity (Wildman–Crippen MR) is 76.8 cm³/mol. The molecule has 0 spiro atoms. The quantitative estimate of drug-likeness (QED) is 0.928. The van der Waals surface area contributed by atoms with Crippen molar-refractivity contribution >= 4 is 17.5 Å². The lowest BCUT2D eigenvalue weighted by molar-refractivity contribution is -0.128. The molecule has 0 aliphatic rings. The van der Waals surface area contributed by atoms with Crippen LogP contribution >= 0.6 is 0 Å². The Kier molecular flexibility index (Phi) is 5.41. The molecule has 6 heteroatoms. The van der Waals surface area contributed by atoms with E-state index in [-0.39, 0.29) is 19.0 Å². The number of nitrogens with zero attached hydrogens (tertiary/aromatic N) is 1. The van der Waals surface area contributed by atoms with E-state index in [9.17, 15) is 18.4 Å². The molecule has 0 heterocycles. The number of anilines is 1. The van der Waals surface area contributed by atoms with Crippen molar-refractivity contribution in [3.05, 3.63) is 29.8 Å². The Bertz CT molecular complexity index is 519. The second-order valence-electron chi connectivity index (χ2n) is 5.75. The Labute approximate surface area is 123 Å². The maximum absolute atomic E-state index is 13.7. The summed E-state index contributed by atoms with van der Waals surface area (Å²) >= 11 is 0. The molecular weight excluding hydrogens is 278 g/mol. The minimum absolute atomic E-state index is 0.00495. The molecule has 0 atom stereocenters. The first-order valence-corrected chi connectivity index (χ1v) is 6.65. The summed E-state index contributed by atoms with van der Waals surface area (Å²) in [7, 11) is 0. The largest absolute Gasteiger partial charge is 0.354 e. The van der Waals surface area contributed by atoms with Gasteiger partial charge in [-0.25, -0.2) is 8.78 Å². The molecule has 0 unspecified atom stereocenters. The van der Waals surface area contributed by atoms with Gasteiger partial charge in [-0.3, -0.25) is 9.59 Å². The Morgan fingerprint density at radius 1 is 1.19 bits per heavy atom. The molecule has 1 aromatic carbocycles. The standard InChI is InChI=1S/C15H20F2N2O2/c1-10(20)19(9-8-18-14(21)15(2,3)4)13-11(16)6-5-7-12(13)17/h5-7H,8-9H2,1-4H3,(H,18,21). The summed E-state index contributed by atoms with van der Waals surface area (Å²) in [6.45, 7) is 6.58. The third-order valence-electron chi connectivity index (χ3n) is 2.89. The molecule has 1 aromatic rings. The number of hydrogen-bond acceptors (Lipinski definition) is 2. The van der Waals surface area contributed by atoms with Crippen molar-refractivity contribution in [3.8, 4) is 0 Å². The third kappa shape index (κ3) is 4.51. The molecule has 0 radical (unpaired) electrons. The zero-order valence-electron chi connectivity index (χ0n) is 12.7. The van der Waals surface area contributed by atoms with Gasteiger partial charge in [0.15, 0.2) is 0 Å². The summed E-state index contributed by atoms with van der Waals surface area (Å²) in [5, 5.41) is 2.64. The summed E-state index contributed by atoms with van der Waals surface area (Å²) < 4.78 is 27.4. The van der Waals surface area contributed by atoms with E-state index in [1.54, 1.807) is 20.8 Å². The molecule has 116 valence electrons. The number of para-hydroxylation sites is 1. The highest BCUT2D eigenvalue weighted by Crippen LogP contribution is 2.23. The number of hydrogen-bond donors (Lipinski definition) is 1. The number of nitrogens with one attached hydrogen (secondary N) is 1. The smallest absolute Gasteiger partial charge is 0.225 e. The van der Waals surface area contributed by atoms with Crippen LogP contribution in [0.4, 0.5) is 14.5 Å². The minimum Gasteiger partial charge on any atom is -0.354 e. The van der Waals surface area contributed by atoms with E-state index < -0.39 is 28.6 Å². The van der Waals surface area contributed by atoms with Gasteiger partial charge in [-0.05, 0) is 12.1 Å². The van der Waals surface area contributed by atoms with E-state index in [1.165, 1.54) is 13.0 Å². The van der Waals surface area contributed by atoms with Gasteiger partial charge in [0.25, 0.3) is 0 Å². The number of carbonyl (C=O) groups excluding carboxylic acids is 2. The van der Waals surface area contributed by atoms with Gasteiger partial charge in [-0.1, -0.05) is 26.8 Å². The van der Waals surface area contributed by atoms with Crippen molar-refractivity contribution in [1.29, 1.82) is 0 Å². The number of benzene rings is 1.